The fourth-order valence-corrected chi connectivity index (χ4v) is 3.43. The molecule has 2 aromatic rings. The van der Waals surface area contributed by atoms with Crippen molar-refractivity contribution in [1.82, 2.24) is 4.98 Å². The van der Waals surface area contributed by atoms with Crippen molar-refractivity contribution in [3.05, 3.63) is 45.0 Å². The van der Waals surface area contributed by atoms with Crippen molar-refractivity contribution in [2.75, 3.05) is 17.2 Å². The van der Waals surface area contributed by atoms with Crippen LogP contribution in [0.5, 0.6) is 0 Å². The number of amides is 1. The molecule has 0 aliphatic heterocycles. The lowest BCUT2D eigenvalue weighted by Crippen LogP contribution is -2.22. The Morgan fingerprint density at radius 2 is 2.18 bits per heavy atom. The number of aromatic nitrogens is 1. The summed E-state index contributed by atoms with van der Waals surface area (Å²) >= 11 is 1.50. The van der Waals surface area contributed by atoms with Gasteiger partial charge in [-0.25, -0.2) is 4.98 Å². The molecule has 0 fully saturated rings. The lowest BCUT2D eigenvalue weighted by atomic mass is 10.2. The molecular weight excluding hydrogens is 304 g/mol. The average Bonchev–Trinajstić information content (AvgIpc) is 3.06. The summed E-state index contributed by atoms with van der Waals surface area (Å²) in [5.74, 6) is -0.273. The van der Waals surface area contributed by atoms with Crippen molar-refractivity contribution in [2.45, 2.75) is 19.3 Å². The highest BCUT2D eigenvalue weighted by Gasteiger charge is 2.18. The Hall–Kier alpha value is -2.48. The maximum Gasteiger partial charge on any atom is 0.292 e. The second kappa shape index (κ2) is 6.10. The summed E-state index contributed by atoms with van der Waals surface area (Å²) in [6.45, 7) is -0.0465. The maximum absolute atomic E-state index is 11.9. The molecule has 114 valence electrons. The Morgan fingerprint density at radius 3 is 2.95 bits per heavy atom. The minimum atomic E-state index is -0.481. The van der Waals surface area contributed by atoms with Gasteiger partial charge in [0.1, 0.15) is 5.69 Å². The lowest BCUT2D eigenvalue weighted by Gasteiger charge is -2.06. The molecule has 1 aromatic heterocycles. The van der Waals surface area contributed by atoms with E-state index in [0.29, 0.717) is 10.8 Å². The number of thiazole rings is 1. The van der Waals surface area contributed by atoms with Crippen LogP contribution in [0.3, 0.4) is 0 Å². The van der Waals surface area contributed by atoms with Crippen molar-refractivity contribution in [3.63, 3.8) is 0 Å². The van der Waals surface area contributed by atoms with Crippen LogP contribution >= 0.6 is 11.3 Å². The van der Waals surface area contributed by atoms with E-state index in [1.165, 1.54) is 22.3 Å². The zero-order valence-electron chi connectivity index (χ0n) is 11.7. The molecule has 3 rings (SSSR count). The van der Waals surface area contributed by atoms with Crippen LogP contribution < -0.4 is 10.6 Å². The number of anilines is 2. The number of benzene rings is 1. The molecule has 1 heterocycles. The van der Waals surface area contributed by atoms with Crippen molar-refractivity contribution in [2.24, 2.45) is 0 Å². The number of nitrogens with zero attached hydrogens (tertiary/aromatic N) is 2. The Labute approximate surface area is 130 Å². The van der Waals surface area contributed by atoms with E-state index in [-0.39, 0.29) is 18.1 Å². The minimum Gasteiger partial charge on any atom is -0.371 e. The van der Waals surface area contributed by atoms with Gasteiger partial charge in [0.2, 0.25) is 5.91 Å². The van der Waals surface area contributed by atoms with E-state index < -0.39 is 4.92 Å². The summed E-state index contributed by atoms with van der Waals surface area (Å²) in [5.41, 5.74) is 1.35. The number of rotatable bonds is 5. The number of hydrogen-bond acceptors (Lipinski definition) is 6. The number of nitro groups is 1. The molecule has 0 saturated carbocycles. The van der Waals surface area contributed by atoms with Crippen LogP contribution in [0.25, 0.3) is 0 Å². The molecule has 0 radical (unpaired) electrons. The molecule has 7 nitrogen and oxygen atoms in total. The summed E-state index contributed by atoms with van der Waals surface area (Å²) in [6.07, 6.45) is 3.12. The predicted molar refractivity (Wildman–Crippen MR) is 84.4 cm³/mol. The highest BCUT2D eigenvalue weighted by atomic mass is 32.1. The number of carbonyl (C=O) groups excluding carboxylic acids is 1. The van der Waals surface area contributed by atoms with Gasteiger partial charge in [0, 0.05) is 10.9 Å². The number of nitro benzene ring substituents is 1. The molecule has 0 saturated heterocycles. The molecule has 1 aliphatic rings. The number of carbonyl (C=O) groups is 1. The SMILES string of the molecule is O=C(CNc1ccccc1[N+](=O)[O-])Nc1nc2c(s1)CCC2. The van der Waals surface area contributed by atoms with Gasteiger partial charge in [-0.05, 0) is 25.3 Å². The summed E-state index contributed by atoms with van der Waals surface area (Å²) < 4.78 is 0. The molecule has 2 N–H and O–H groups in total. The predicted octanol–water partition coefficient (Wildman–Crippen LogP) is 2.59. The van der Waals surface area contributed by atoms with Gasteiger partial charge in [-0.1, -0.05) is 12.1 Å². The standard InChI is InChI=1S/C14H14N4O3S/c19-13(17-14-16-10-5-3-7-12(10)22-14)8-15-9-4-1-2-6-11(9)18(20)21/h1-2,4,6,15H,3,5,7-8H2,(H,16,17,19). The normalized spacial score (nSPS) is 12.7. The number of nitrogens with one attached hydrogen (secondary N) is 2. The van der Waals surface area contributed by atoms with E-state index >= 15 is 0 Å². The van der Waals surface area contributed by atoms with Crippen LogP contribution in [0.15, 0.2) is 24.3 Å². The molecule has 0 spiro atoms. The second-order valence-electron chi connectivity index (χ2n) is 4.92. The van der Waals surface area contributed by atoms with E-state index in [4.69, 9.17) is 0 Å². The summed E-state index contributed by atoms with van der Waals surface area (Å²) in [5, 5.41) is 17.0. The van der Waals surface area contributed by atoms with Gasteiger partial charge in [-0.3, -0.25) is 14.9 Å². The molecule has 1 aliphatic carbocycles. The van der Waals surface area contributed by atoms with E-state index in [9.17, 15) is 14.9 Å². The third kappa shape index (κ3) is 3.06. The van der Waals surface area contributed by atoms with Gasteiger partial charge in [0.05, 0.1) is 17.2 Å². The van der Waals surface area contributed by atoms with Gasteiger partial charge < -0.3 is 10.6 Å². The van der Waals surface area contributed by atoms with E-state index in [1.54, 1.807) is 18.2 Å². The topological polar surface area (TPSA) is 97.2 Å². The number of hydrogen-bond donors (Lipinski definition) is 2. The largest absolute Gasteiger partial charge is 0.371 e. The van der Waals surface area contributed by atoms with Gasteiger partial charge >= 0.3 is 0 Å². The molecule has 8 heteroatoms. The monoisotopic (exact) mass is 318 g/mol. The molecule has 0 unspecified atom stereocenters. The van der Waals surface area contributed by atoms with Crippen molar-refractivity contribution >= 4 is 33.8 Å². The van der Waals surface area contributed by atoms with Gasteiger partial charge in [-0.2, -0.15) is 0 Å². The third-order valence-electron chi connectivity index (χ3n) is 3.38. The van der Waals surface area contributed by atoms with E-state index in [2.05, 4.69) is 15.6 Å². The van der Waals surface area contributed by atoms with Crippen LogP contribution in [0, 0.1) is 10.1 Å². The summed E-state index contributed by atoms with van der Waals surface area (Å²) in [6, 6.07) is 6.23. The van der Waals surface area contributed by atoms with Gasteiger partial charge in [0.25, 0.3) is 5.69 Å². The van der Waals surface area contributed by atoms with Crippen LogP contribution in [0.4, 0.5) is 16.5 Å². The van der Waals surface area contributed by atoms with Crippen LogP contribution in [-0.4, -0.2) is 22.4 Å². The van der Waals surface area contributed by atoms with Gasteiger partial charge in [0.15, 0.2) is 5.13 Å². The number of aryl methyl sites for hydroxylation is 2. The third-order valence-corrected chi connectivity index (χ3v) is 4.46. The fraction of sp³-hybridized carbons (Fsp3) is 0.286. The first-order valence-corrected chi connectivity index (χ1v) is 7.71. The summed E-state index contributed by atoms with van der Waals surface area (Å²) in [7, 11) is 0. The van der Waals surface area contributed by atoms with Crippen molar-refractivity contribution in [3.8, 4) is 0 Å². The quantitative estimate of drug-likeness (QED) is 0.652. The van der Waals surface area contributed by atoms with Gasteiger partial charge in [-0.15, -0.1) is 11.3 Å². The van der Waals surface area contributed by atoms with E-state index in [0.717, 1.165) is 25.0 Å². The highest BCUT2D eigenvalue weighted by Crippen LogP contribution is 2.30. The first-order chi connectivity index (χ1) is 10.6. The van der Waals surface area contributed by atoms with Crippen molar-refractivity contribution < 1.29 is 9.72 Å². The Kier molecular flexibility index (Phi) is 4.01. The Morgan fingerprint density at radius 1 is 1.36 bits per heavy atom. The molecule has 22 heavy (non-hydrogen) atoms. The maximum atomic E-state index is 11.9. The molecule has 0 atom stereocenters. The minimum absolute atomic E-state index is 0.0465. The second-order valence-corrected chi connectivity index (χ2v) is 6.00. The Bertz CT molecular complexity index is 707. The first-order valence-electron chi connectivity index (χ1n) is 6.89. The summed E-state index contributed by atoms with van der Waals surface area (Å²) in [4.78, 5) is 28.0. The zero-order chi connectivity index (χ0) is 15.5. The molecule has 1 amide bonds. The van der Waals surface area contributed by atoms with Crippen molar-refractivity contribution in [1.29, 1.82) is 0 Å². The van der Waals surface area contributed by atoms with Crippen LogP contribution in [0.2, 0.25) is 0 Å². The lowest BCUT2D eigenvalue weighted by molar-refractivity contribution is -0.383. The van der Waals surface area contributed by atoms with E-state index in [1.807, 2.05) is 0 Å². The highest BCUT2D eigenvalue weighted by molar-refractivity contribution is 7.15. The molecule has 0 bridgehead atoms. The fourth-order valence-electron chi connectivity index (χ4n) is 2.37. The smallest absolute Gasteiger partial charge is 0.292 e. The molecular formula is C14H14N4O3S. The number of fused-ring (bicyclic) bond motifs is 1. The van der Waals surface area contributed by atoms with Crippen LogP contribution in [0.1, 0.15) is 17.0 Å². The van der Waals surface area contributed by atoms with Crippen LogP contribution in [-0.2, 0) is 17.6 Å². The first kappa shape index (κ1) is 14.5. The number of para-hydroxylation sites is 2. The Balaban J connectivity index is 1.59. The zero-order valence-corrected chi connectivity index (χ0v) is 12.5. The average molecular weight is 318 g/mol. The molecule has 1 aromatic carbocycles.